The van der Waals surface area contributed by atoms with Crippen molar-refractivity contribution in [2.45, 2.75) is 9.79 Å². The van der Waals surface area contributed by atoms with Gasteiger partial charge in [0.25, 0.3) is 0 Å². The summed E-state index contributed by atoms with van der Waals surface area (Å²) in [4.78, 5) is 4.08. The molecule has 82 valence electrons. The van der Waals surface area contributed by atoms with E-state index in [0.29, 0.717) is 0 Å². The molecule has 4 nitrogen and oxygen atoms in total. The molecule has 0 saturated carbocycles. The highest BCUT2D eigenvalue weighted by molar-refractivity contribution is 7.91. The number of anilines is 1. The van der Waals surface area contributed by atoms with Crippen molar-refractivity contribution in [3.8, 4) is 0 Å². The molecule has 2 aromatic rings. The first-order valence-electron chi connectivity index (χ1n) is 4.62. The van der Waals surface area contributed by atoms with Crippen molar-refractivity contribution in [2.24, 2.45) is 0 Å². The van der Waals surface area contributed by atoms with E-state index in [1.807, 2.05) is 0 Å². The van der Waals surface area contributed by atoms with Gasteiger partial charge in [-0.1, -0.05) is 18.2 Å². The molecule has 0 atom stereocenters. The zero-order chi connectivity index (χ0) is 11.6. The lowest BCUT2D eigenvalue weighted by Crippen LogP contribution is -2.05. The number of rotatable bonds is 2. The van der Waals surface area contributed by atoms with Gasteiger partial charge < -0.3 is 5.73 Å². The van der Waals surface area contributed by atoms with Gasteiger partial charge in [0.2, 0.25) is 9.84 Å². The molecule has 1 aromatic carbocycles. The molecule has 0 bridgehead atoms. The quantitative estimate of drug-likeness (QED) is 0.854. The van der Waals surface area contributed by atoms with Crippen LogP contribution in [0.5, 0.6) is 0 Å². The van der Waals surface area contributed by atoms with Crippen molar-refractivity contribution in [2.75, 3.05) is 5.73 Å². The van der Waals surface area contributed by atoms with Crippen LogP contribution in [-0.4, -0.2) is 13.4 Å². The van der Waals surface area contributed by atoms with E-state index in [1.165, 1.54) is 30.6 Å². The van der Waals surface area contributed by atoms with E-state index in [2.05, 4.69) is 4.98 Å². The van der Waals surface area contributed by atoms with Gasteiger partial charge in [-0.15, -0.1) is 0 Å². The van der Waals surface area contributed by atoms with Crippen LogP contribution in [0.25, 0.3) is 0 Å². The van der Waals surface area contributed by atoms with E-state index >= 15 is 0 Å². The van der Waals surface area contributed by atoms with Crippen molar-refractivity contribution in [1.82, 2.24) is 4.98 Å². The number of hydrogen-bond acceptors (Lipinski definition) is 4. The van der Waals surface area contributed by atoms with Crippen LogP contribution in [0.2, 0.25) is 0 Å². The summed E-state index contributed by atoms with van der Waals surface area (Å²) in [7, 11) is -3.53. The van der Waals surface area contributed by atoms with E-state index < -0.39 is 9.84 Å². The minimum Gasteiger partial charge on any atom is -0.396 e. The molecule has 0 aliphatic heterocycles. The number of pyridine rings is 1. The maximum Gasteiger partial charge on any atom is 0.208 e. The zero-order valence-corrected chi connectivity index (χ0v) is 9.18. The number of nitrogens with two attached hydrogens (primary N) is 1. The van der Waals surface area contributed by atoms with Crippen LogP contribution in [0.1, 0.15) is 0 Å². The predicted octanol–water partition coefficient (Wildman–Crippen LogP) is 1.50. The fourth-order valence-corrected chi connectivity index (χ4v) is 2.74. The van der Waals surface area contributed by atoms with Gasteiger partial charge >= 0.3 is 0 Å². The molecule has 2 N–H and O–H groups in total. The van der Waals surface area contributed by atoms with E-state index in [0.717, 1.165) is 0 Å². The molecular formula is C11H10N2O2S. The molecule has 0 radical (unpaired) electrons. The number of aromatic nitrogens is 1. The van der Waals surface area contributed by atoms with Gasteiger partial charge in [0, 0.05) is 6.20 Å². The minimum atomic E-state index is -3.53. The molecule has 0 unspecified atom stereocenters. The van der Waals surface area contributed by atoms with E-state index in [9.17, 15) is 8.42 Å². The highest BCUT2D eigenvalue weighted by Crippen LogP contribution is 2.24. The van der Waals surface area contributed by atoms with Gasteiger partial charge in [-0.3, -0.25) is 4.98 Å². The minimum absolute atomic E-state index is 0.0914. The Morgan fingerprint density at radius 3 is 2.38 bits per heavy atom. The number of sulfone groups is 1. The summed E-state index contributed by atoms with van der Waals surface area (Å²) in [5, 5.41) is 0. The first kappa shape index (κ1) is 10.6. The molecular weight excluding hydrogens is 224 g/mol. The van der Waals surface area contributed by atoms with Crippen LogP contribution in [-0.2, 0) is 9.84 Å². The third-order valence-corrected chi connectivity index (χ3v) is 4.00. The summed E-state index contributed by atoms with van der Waals surface area (Å²) in [6.45, 7) is 0. The van der Waals surface area contributed by atoms with Crippen LogP contribution >= 0.6 is 0 Å². The van der Waals surface area contributed by atoms with Crippen LogP contribution in [0.4, 0.5) is 5.69 Å². The second kappa shape index (κ2) is 3.94. The first-order valence-corrected chi connectivity index (χ1v) is 6.10. The Bertz CT molecular complexity index is 594. The second-order valence-electron chi connectivity index (χ2n) is 3.23. The van der Waals surface area contributed by atoms with Crippen LogP contribution < -0.4 is 5.73 Å². The molecule has 5 heteroatoms. The lowest BCUT2D eigenvalue weighted by molar-refractivity contribution is 0.596. The molecule has 0 spiro atoms. The monoisotopic (exact) mass is 234 g/mol. The standard InChI is InChI=1S/C11H10N2O2S/c12-10-8-13-7-6-11(10)16(14,15)9-4-2-1-3-5-9/h1-8H,12H2. The molecule has 16 heavy (non-hydrogen) atoms. The van der Waals surface area contributed by atoms with Crippen molar-refractivity contribution < 1.29 is 8.42 Å². The smallest absolute Gasteiger partial charge is 0.208 e. The number of nitrogens with zero attached hydrogens (tertiary/aromatic N) is 1. The normalized spacial score (nSPS) is 11.2. The Morgan fingerprint density at radius 2 is 1.75 bits per heavy atom. The van der Waals surface area contributed by atoms with Crippen molar-refractivity contribution in [3.05, 3.63) is 48.8 Å². The largest absolute Gasteiger partial charge is 0.396 e. The van der Waals surface area contributed by atoms with Crippen molar-refractivity contribution in [3.63, 3.8) is 0 Å². The highest BCUT2D eigenvalue weighted by Gasteiger charge is 2.19. The number of nitrogen functional groups attached to an aromatic ring is 1. The third kappa shape index (κ3) is 1.77. The van der Waals surface area contributed by atoms with Gasteiger partial charge in [-0.2, -0.15) is 0 Å². The third-order valence-electron chi connectivity index (χ3n) is 2.15. The average molecular weight is 234 g/mol. The Hall–Kier alpha value is -1.88. The molecule has 1 aromatic heterocycles. The summed E-state index contributed by atoms with van der Waals surface area (Å²) in [5.41, 5.74) is 5.76. The predicted molar refractivity (Wildman–Crippen MR) is 60.5 cm³/mol. The maximum atomic E-state index is 12.1. The maximum absolute atomic E-state index is 12.1. The van der Waals surface area contributed by atoms with Gasteiger partial charge in [-0.05, 0) is 18.2 Å². The Morgan fingerprint density at radius 1 is 1.06 bits per heavy atom. The summed E-state index contributed by atoms with van der Waals surface area (Å²) in [6.07, 6.45) is 2.74. The van der Waals surface area contributed by atoms with Gasteiger partial charge in [0.1, 0.15) is 0 Å². The van der Waals surface area contributed by atoms with E-state index in [1.54, 1.807) is 18.2 Å². The molecule has 0 aliphatic carbocycles. The fourth-order valence-electron chi connectivity index (χ4n) is 1.37. The molecule has 0 aliphatic rings. The van der Waals surface area contributed by atoms with Gasteiger partial charge in [0.15, 0.2) is 0 Å². The lowest BCUT2D eigenvalue weighted by atomic mass is 10.4. The molecule has 1 heterocycles. The Labute approximate surface area is 93.7 Å². The highest BCUT2D eigenvalue weighted by atomic mass is 32.2. The molecule has 0 fully saturated rings. The second-order valence-corrected chi connectivity index (χ2v) is 5.15. The zero-order valence-electron chi connectivity index (χ0n) is 8.37. The van der Waals surface area contributed by atoms with Crippen LogP contribution in [0, 0.1) is 0 Å². The molecule has 0 saturated heterocycles. The SMILES string of the molecule is Nc1cnccc1S(=O)(=O)c1ccccc1. The van der Waals surface area contributed by atoms with Crippen LogP contribution in [0.3, 0.4) is 0 Å². The van der Waals surface area contributed by atoms with E-state index in [4.69, 9.17) is 5.73 Å². The summed E-state index contributed by atoms with van der Waals surface area (Å²) in [5.74, 6) is 0. The van der Waals surface area contributed by atoms with Crippen molar-refractivity contribution >= 4 is 15.5 Å². The fraction of sp³-hybridized carbons (Fsp3) is 0. The van der Waals surface area contributed by atoms with Crippen molar-refractivity contribution in [1.29, 1.82) is 0 Å². The Kier molecular flexibility index (Phi) is 2.62. The number of benzene rings is 1. The first-order chi connectivity index (χ1) is 7.62. The summed E-state index contributed by atoms with van der Waals surface area (Å²) < 4.78 is 24.3. The summed E-state index contributed by atoms with van der Waals surface area (Å²) in [6, 6.07) is 9.57. The van der Waals surface area contributed by atoms with Gasteiger partial charge in [-0.25, -0.2) is 8.42 Å². The number of hydrogen-bond donors (Lipinski definition) is 1. The average Bonchev–Trinajstić information content (AvgIpc) is 2.30. The lowest BCUT2D eigenvalue weighted by Gasteiger charge is -2.06. The molecule has 2 rings (SSSR count). The van der Waals surface area contributed by atoms with Gasteiger partial charge in [0.05, 0.1) is 21.7 Å². The van der Waals surface area contributed by atoms with E-state index in [-0.39, 0.29) is 15.5 Å². The topological polar surface area (TPSA) is 73.0 Å². The molecule has 0 amide bonds. The summed E-state index contributed by atoms with van der Waals surface area (Å²) >= 11 is 0. The Balaban J connectivity index is 2.62. The van der Waals surface area contributed by atoms with Crippen LogP contribution in [0.15, 0.2) is 58.6 Å².